The van der Waals surface area contributed by atoms with Crippen LogP contribution in [0, 0.1) is 0 Å². The predicted molar refractivity (Wildman–Crippen MR) is 90.3 cm³/mol. The van der Waals surface area contributed by atoms with Gasteiger partial charge >= 0.3 is 0 Å². The molecule has 2 aromatic rings. The standard InChI is InChI=1S/C16H18N2O4S2/c19-24(20,13-3-4-14-15(10-13)22-8-7-21-14)18-6-1-2-12(11-18)16-17-5-9-23-16/h3-5,9-10,12H,1-2,6-8,11H2/t12-/m1/s1. The van der Waals surface area contributed by atoms with Crippen LogP contribution >= 0.6 is 11.3 Å². The van der Waals surface area contributed by atoms with Gasteiger partial charge in [0.25, 0.3) is 0 Å². The molecule has 1 aromatic carbocycles. The van der Waals surface area contributed by atoms with Crippen molar-refractivity contribution in [2.75, 3.05) is 26.3 Å². The highest BCUT2D eigenvalue weighted by Gasteiger charge is 2.32. The van der Waals surface area contributed by atoms with Crippen molar-refractivity contribution >= 4 is 21.4 Å². The molecule has 0 radical (unpaired) electrons. The smallest absolute Gasteiger partial charge is 0.243 e. The van der Waals surface area contributed by atoms with E-state index in [0.717, 1.165) is 17.8 Å². The Morgan fingerprint density at radius 3 is 2.83 bits per heavy atom. The molecule has 0 spiro atoms. The Labute approximate surface area is 145 Å². The summed E-state index contributed by atoms with van der Waals surface area (Å²) < 4.78 is 38.5. The number of sulfonamides is 1. The molecule has 0 unspecified atom stereocenters. The summed E-state index contributed by atoms with van der Waals surface area (Å²) in [5.41, 5.74) is 0. The van der Waals surface area contributed by atoms with Crippen molar-refractivity contribution < 1.29 is 17.9 Å². The van der Waals surface area contributed by atoms with Crippen molar-refractivity contribution in [2.45, 2.75) is 23.7 Å². The van der Waals surface area contributed by atoms with Crippen LogP contribution in [0.4, 0.5) is 0 Å². The van der Waals surface area contributed by atoms with Crippen LogP contribution in [0.25, 0.3) is 0 Å². The zero-order valence-electron chi connectivity index (χ0n) is 13.1. The molecule has 0 amide bonds. The molecule has 1 saturated heterocycles. The molecule has 4 rings (SSSR count). The molecule has 128 valence electrons. The lowest BCUT2D eigenvalue weighted by Crippen LogP contribution is -2.39. The van der Waals surface area contributed by atoms with Crippen LogP contribution in [0.3, 0.4) is 0 Å². The molecule has 2 aliphatic rings. The van der Waals surface area contributed by atoms with E-state index in [4.69, 9.17) is 9.47 Å². The summed E-state index contributed by atoms with van der Waals surface area (Å²) in [6.45, 7) is 1.94. The average molecular weight is 366 g/mol. The third-order valence-electron chi connectivity index (χ3n) is 4.34. The number of rotatable bonds is 3. The van der Waals surface area contributed by atoms with Gasteiger partial charge in [0.2, 0.25) is 10.0 Å². The topological polar surface area (TPSA) is 68.7 Å². The average Bonchev–Trinajstić information content (AvgIpc) is 3.16. The maximum atomic E-state index is 13.0. The highest BCUT2D eigenvalue weighted by molar-refractivity contribution is 7.89. The molecule has 1 fully saturated rings. The summed E-state index contributed by atoms with van der Waals surface area (Å²) in [5, 5.41) is 2.95. The fraction of sp³-hybridized carbons (Fsp3) is 0.438. The Morgan fingerprint density at radius 1 is 1.21 bits per heavy atom. The number of fused-ring (bicyclic) bond motifs is 1. The van der Waals surface area contributed by atoms with Crippen molar-refractivity contribution in [1.82, 2.24) is 9.29 Å². The number of hydrogen-bond acceptors (Lipinski definition) is 6. The van der Waals surface area contributed by atoms with Gasteiger partial charge in [0.15, 0.2) is 11.5 Å². The molecule has 1 atom stereocenters. The van der Waals surface area contributed by atoms with Gasteiger partial charge in [-0.25, -0.2) is 13.4 Å². The molecule has 0 aliphatic carbocycles. The Hall–Kier alpha value is -1.64. The number of piperidine rings is 1. The van der Waals surface area contributed by atoms with Gasteiger partial charge in [0, 0.05) is 36.7 Å². The first-order chi connectivity index (χ1) is 11.6. The lowest BCUT2D eigenvalue weighted by molar-refractivity contribution is 0.171. The van der Waals surface area contributed by atoms with Crippen LogP contribution in [0.1, 0.15) is 23.8 Å². The van der Waals surface area contributed by atoms with E-state index in [1.807, 2.05) is 5.38 Å². The third kappa shape index (κ3) is 2.89. The van der Waals surface area contributed by atoms with E-state index in [9.17, 15) is 8.42 Å². The summed E-state index contributed by atoms with van der Waals surface area (Å²) in [5.74, 6) is 1.26. The Kier molecular flexibility index (Phi) is 4.19. The normalized spacial score (nSPS) is 21.6. The molecular formula is C16H18N2O4S2. The van der Waals surface area contributed by atoms with Crippen molar-refractivity contribution in [3.05, 3.63) is 34.8 Å². The SMILES string of the molecule is O=S(=O)(c1ccc2c(c1)OCCO2)N1CCC[C@@H](c2nccs2)C1. The lowest BCUT2D eigenvalue weighted by Gasteiger charge is -2.31. The molecule has 2 aliphatic heterocycles. The van der Waals surface area contributed by atoms with Gasteiger partial charge in [0.05, 0.1) is 9.90 Å². The molecule has 0 N–H and O–H groups in total. The minimum atomic E-state index is -3.54. The largest absolute Gasteiger partial charge is 0.486 e. The van der Waals surface area contributed by atoms with E-state index in [0.29, 0.717) is 37.8 Å². The Bertz CT molecular complexity index is 821. The molecule has 1 aromatic heterocycles. The number of aromatic nitrogens is 1. The van der Waals surface area contributed by atoms with E-state index in [1.165, 1.54) is 0 Å². The van der Waals surface area contributed by atoms with Crippen LogP contribution in [0.2, 0.25) is 0 Å². The first-order valence-electron chi connectivity index (χ1n) is 7.94. The van der Waals surface area contributed by atoms with Crippen LogP contribution in [-0.2, 0) is 10.0 Å². The summed E-state index contributed by atoms with van der Waals surface area (Å²) in [6, 6.07) is 4.83. The molecule has 24 heavy (non-hydrogen) atoms. The van der Waals surface area contributed by atoms with E-state index in [2.05, 4.69) is 4.98 Å². The lowest BCUT2D eigenvalue weighted by atomic mass is 10.0. The van der Waals surface area contributed by atoms with Gasteiger partial charge in [-0.05, 0) is 25.0 Å². The fourth-order valence-corrected chi connectivity index (χ4v) is 5.44. The second kappa shape index (κ2) is 6.34. The van der Waals surface area contributed by atoms with Crippen molar-refractivity contribution in [3.63, 3.8) is 0 Å². The minimum absolute atomic E-state index is 0.172. The Balaban J connectivity index is 1.60. The maximum Gasteiger partial charge on any atom is 0.243 e. The van der Waals surface area contributed by atoms with Gasteiger partial charge in [-0.3, -0.25) is 0 Å². The van der Waals surface area contributed by atoms with Gasteiger partial charge in [-0.2, -0.15) is 4.31 Å². The first kappa shape index (κ1) is 15.9. The zero-order valence-corrected chi connectivity index (χ0v) is 14.7. The predicted octanol–water partition coefficient (Wildman–Crippen LogP) is 2.48. The summed E-state index contributed by atoms with van der Waals surface area (Å²) >= 11 is 1.59. The summed E-state index contributed by atoms with van der Waals surface area (Å²) in [6.07, 6.45) is 3.59. The third-order valence-corrected chi connectivity index (χ3v) is 7.14. The number of ether oxygens (including phenoxy) is 2. The minimum Gasteiger partial charge on any atom is -0.486 e. The fourth-order valence-electron chi connectivity index (χ4n) is 3.13. The van der Waals surface area contributed by atoms with Crippen molar-refractivity contribution in [2.24, 2.45) is 0 Å². The van der Waals surface area contributed by atoms with Crippen LogP contribution in [0.15, 0.2) is 34.7 Å². The van der Waals surface area contributed by atoms with Crippen molar-refractivity contribution in [1.29, 1.82) is 0 Å². The molecule has 0 bridgehead atoms. The van der Waals surface area contributed by atoms with E-state index < -0.39 is 10.0 Å². The first-order valence-corrected chi connectivity index (χ1v) is 10.3. The maximum absolute atomic E-state index is 13.0. The second-order valence-electron chi connectivity index (χ2n) is 5.88. The van der Waals surface area contributed by atoms with Crippen LogP contribution < -0.4 is 9.47 Å². The van der Waals surface area contributed by atoms with Gasteiger partial charge < -0.3 is 9.47 Å². The number of thiazole rings is 1. The molecule has 0 saturated carbocycles. The second-order valence-corrected chi connectivity index (χ2v) is 8.74. The van der Waals surface area contributed by atoms with Crippen LogP contribution in [0.5, 0.6) is 11.5 Å². The summed E-state index contributed by atoms with van der Waals surface area (Å²) in [4.78, 5) is 4.60. The monoisotopic (exact) mass is 366 g/mol. The molecule has 6 nitrogen and oxygen atoms in total. The summed E-state index contributed by atoms with van der Waals surface area (Å²) in [7, 11) is -3.54. The quantitative estimate of drug-likeness (QED) is 0.835. The molecule has 3 heterocycles. The van der Waals surface area contributed by atoms with Gasteiger partial charge in [-0.15, -0.1) is 11.3 Å². The number of benzene rings is 1. The van der Waals surface area contributed by atoms with Crippen molar-refractivity contribution in [3.8, 4) is 11.5 Å². The van der Waals surface area contributed by atoms with Crippen LogP contribution in [-0.4, -0.2) is 44.0 Å². The van der Waals surface area contributed by atoms with E-state index >= 15 is 0 Å². The van der Waals surface area contributed by atoms with E-state index in [-0.39, 0.29) is 10.8 Å². The molecular weight excluding hydrogens is 348 g/mol. The number of nitrogens with zero attached hydrogens (tertiary/aromatic N) is 2. The highest BCUT2D eigenvalue weighted by Crippen LogP contribution is 2.35. The zero-order chi connectivity index (χ0) is 16.6. The number of hydrogen-bond donors (Lipinski definition) is 0. The van der Waals surface area contributed by atoms with E-state index in [1.54, 1.807) is 40.0 Å². The Morgan fingerprint density at radius 2 is 2.04 bits per heavy atom. The molecule has 8 heteroatoms. The van der Waals surface area contributed by atoms with Gasteiger partial charge in [-0.1, -0.05) is 0 Å². The highest BCUT2D eigenvalue weighted by atomic mass is 32.2. The van der Waals surface area contributed by atoms with Gasteiger partial charge in [0.1, 0.15) is 13.2 Å².